The molecule has 6 heteroatoms. The molecule has 0 spiro atoms. The van der Waals surface area contributed by atoms with Crippen LogP contribution >= 0.6 is 11.9 Å². The summed E-state index contributed by atoms with van der Waals surface area (Å²) in [6.45, 7) is 4.18. The topological polar surface area (TPSA) is 37.2 Å². The second-order valence-corrected chi connectivity index (χ2v) is 7.94. The van der Waals surface area contributed by atoms with Crippen LogP contribution in [0.25, 0.3) is 16.6 Å². The molecular weight excluding hydrogens is 318 g/mol. The van der Waals surface area contributed by atoms with Gasteiger partial charge in [0.2, 0.25) is 0 Å². The molecule has 1 aliphatic heterocycles. The summed E-state index contributed by atoms with van der Waals surface area (Å²) in [7, 11) is 4.19. The maximum atomic E-state index is 4.79. The normalized spacial score (nSPS) is 15.2. The third-order valence-corrected chi connectivity index (χ3v) is 5.33. The van der Waals surface area contributed by atoms with E-state index in [1.807, 2.05) is 41.0 Å². The third kappa shape index (κ3) is 2.76. The fourth-order valence-electron chi connectivity index (χ4n) is 3.08. The number of anilines is 1. The van der Waals surface area contributed by atoms with Gasteiger partial charge in [-0.2, -0.15) is 5.10 Å². The Morgan fingerprint density at radius 2 is 1.92 bits per heavy atom. The first-order valence-electron chi connectivity index (χ1n) is 8.11. The highest BCUT2D eigenvalue weighted by atomic mass is 32.2. The molecule has 3 aromatic rings. The van der Waals surface area contributed by atoms with Crippen molar-refractivity contribution in [3.8, 4) is 5.69 Å². The Balaban J connectivity index is 1.61. The van der Waals surface area contributed by atoms with Crippen LogP contribution in [0.4, 0.5) is 5.82 Å². The summed E-state index contributed by atoms with van der Waals surface area (Å²) < 4.78 is 4.17. The number of pyridine rings is 1. The summed E-state index contributed by atoms with van der Waals surface area (Å²) in [6.07, 6.45) is 1.96. The minimum absolute atomic E-state index is 0.654. The van der Waals surface area contributed by atoms with Crippen LogP contribution in [-0.2, 0) is 0 Å². The van der Waals surface area contributed by atoms with Crippen LogP contribution in [-0.4, -0.2) is 51.5 Å². The Bertz CT molecular complexity index is 852. The number of fused-ring (bicyclic) bond motifs is 1. The van der Waals surface area contributed by atoms with E-state index in [0.29, 0.717) is 5.25 Å². The van der Waals surface area contributed by atoms with Crippen LogP contribution in [0.1, 0.15) is 5.69 Å². The first kappa shape index (κ1) is 15.5. The van der Waals surface area contributed by atoms with Gasteiger partial charge in [0.1, 0.15) is 5.82 Å². The Morgan fingerprint density at radius 1 is 1.17 bits per heavy atom. The van der Waals surface area contributed by atoms with Crippen molar-refractivity contribution >= 4 is 28.7 Å². The predicted molar refractivity (Wildman–Crippen MR) is 101 cm³/mol. The average molecular weight is 339 g/mol. The molecule has 4 rings (SSSR count). The van der Waals surface area contributed by atoms with Crippen molar-refractivity contribution in [1.82, 2.24) is 19.1 Å². The second kappa shape index (κ2) is 6.11. The van der Waals surface area contributed by atoms with Gasteiger partial charge >= 0.3 is 0 Å². The number of aromatic nitrogens is 3. The monoisotopic (exact) mass is 339 g/mol. The number of hydrogen-bond donors (Lipinski definition) is 0. The fraction of sp³-hybridized carbons (Fsp3) is 0.333. The summed E-state index contributed by atoms with van der Waals surface area (Å²) >= 11 is 1.89. The quantitative estimate of drug-likeness (QED) is 0.683. The van der Waals surface area contributed by atoms with Crippen molar-refractivity contribution in [3.63, 3.8) is 0 Å². The Labute approximate surface area is 146 Å². The molecule has 2 aromatic heterocycles. The van der Waals surface area contributed by atoms with E-state index in [4.69, 9.17) is 5.10 Å². The van der Waals surface area contributed by atoms with Crippen molar-refractivity contribution in [3.05, 3.63) is 48.3 Å². The van der Waals surface area contributed by atoms with Gasteiger partial charge in [0, 0.05) is 30.7 Å². The van der Waals surface area contributed by atoms with Gasteiger partial charge in [-0.1, -0.05) is 30.1 Å². The van der Waals surface area contributed by atoms with Crippen LogP contribution in [0, 0.1) is 6.92 Å². The van der Waals surface area contributed by atoms with Gasteiger partial charge in [-0.3, -0.25) is 4.31 Å². The van der Waals surface area contributed by atoms with E-state index in [9.17, 15) is 0 Å². The molecule has 0 saturated carbocycles. The van der Waals surface area contributed by atoms with Gasteiger partial charge in [-0.25, -0.2) is 9.67 Å². The van der Waals surface area contributed by atoms with Gasteiger partial charge in [0.15, 0.2) is 0 Å². The number of benzene rings is 1. The first-order chi connectivity index (χ1) is 11.6. The highest BCUT2D eigenvalue weighted by Crippen LogP contribution is 2.30. The van der Waals surface area contributed by atoms with E-state index in [-0.39, 0.29) is 0 Å². The zero-order chi connectivity index (χ0) is 16.7. The van der Waals surface area contributed by atoms with Gasteiger partial charge in [0.25, 0.3) is 0 Å². The molecular formula is C18H21N5S. The molecule has 1 fully saturated rings. The van der Waals surface area contributed by atoms with Gasteiger partial charge in [-0.05, 0) is 33.2 Å². The molecule has 3 heterocycles. The van der Waals surface area contributed by atoms with E-state index >= 15 is 0 Å². The molecule has 1 saturated heterocycles. The standard InChI is InChI=1S/C18H21N5S/c1-13-16-10-19-18(22-11-15(12-22)24-21(2)3)9-17(16)20-23(13)14-7-5-4-6-8-14/h4-10,15H,11-12H2,1-3H3. The van der Waals surface area contributed by atoms with Crippen LogP contribution in [0.5, 0.6) is 0 Å². The van der Waals surface area contributed by atoms with Crippen LogP contribution in [0.3, 0.4) is 0 Å². The lowest BCUT2D eigenvalue weighted by Gasteiger charge is -2.40. The Kier molecular flexibility index (Phi) is 3.94. The number of aryl methyl sites for hydroxylation is 1. The molecule has 1 aromatic carbocycles. The number of nitrogens with zero attached hydrogens (tertiary/aromatic N) is 5. The van der Waals surface area contributed by atoms with Crippen molar-refractivity contribution < 1.29 is 0 Å². The molecule has 0 N–H and O–H groups in total. The molecule has 0 unspecified atom stereocenters. The summed E-state index contributed by atoms with van der Waals surface area (Å²) in [5.41, 5.74) is 3.21. The summed E-state index contributed by atoms with van der Waals surface area (Å²) in [6, 6.07) is 12.4. The van der Waals surface area contributed by atoms with Crippen molar-refractivity contribution in [2.45, 2.75) is 12.2 Å². The predicted octanol–water partition coefficient (Wildman–Crippen LogP) is 3.13. The van der Waals surface area contributed by atoms with Crippen LogP contribution in [0.15, 0.2) is 42.6 Å². The maximum absolute atomic E-state index is 4.79. The van der Waals surface area contributed by atoms with E-state index in [1.54, 1.807) is 0 Å². The zero-order valence-electron chi connectivity index (χ0n) is 14.2. The van der Waals surface area contributed by atoms with Gasteiger partial charge in [0.05, 0.1) is 22.1 Å². The molecule has 0 aliphatic carbocycles. The van der Waals surface area contributed by atoms with Crippen molar-refractivity contribution in [2.24, 2.45) is 0 Å². The highest BCUT2D eigenvalue weighted by molar-refractivity contribution is 7.97. The molecule has 0 amide bonds. The first-order valence-corrected chi connectivity index (χ1v) is 8.95. The minimum Gasteiger partial charge on any atom is -0.354 e. The zero-order valence-corrected chi connectivity index (χ0v) is 15.0. The lowest BCUT2D eigenvalue weighted by Crippen LogP contribution is -2.50. The molecule has 124 valence electrons. The van der Waals surface area contributed by atoms with Gasteiger partial charge < -0.3 is 4.90 Å². The van der Waals surface area contributed by atoms with Crippen LogP contribution < -0.4 is 4.90 Å². The number of rotatable bonds is 4. The largest absolute Gasteiger partial charge is 0.354 e. The summed E-state index contributed by atoms with van der Waals surface area (Å²) in [4.78, 5) is 6.98. The maximum Gasteiger partial charge on any atom is 0.130 e. The third-order valence-electron chi connectivity index (χ3n) is 4.32. The lowest BCUT2D eigenvalue weighted by atomic mass is 10.2. The molecule has 0 radical (unpaired) electrons. The smallest absolute Gasteiger partial charge is 0.130 e. The van der Waals surface area contributed by atoms with Crippen molar-refractivity contribution in [1.29, 1.82) is 0 Å². The van der Waals surface area contributed by atoms with E-state index in [1.165, 1.54) is 0 Å². The van der Waals surface area contributed by atoms with E-state index in [0.717, 1.165) is 41.2 Å². The molecule has 0 bridgehead atoms. The number of hydrogen-bond acceptors (Lipinski definition) is 5. The summed E-state index contributed by atoms with van der Waals surface area (Å²) in [5, 5.41) is 6.56. The SMILES string of the molecule is Cc1c2cnc(N3CC(SN(C)C)C3)cc2nn1-c1ccccc1. The average Bonchev–Trinajstić information content (AvgIpc) is 2.87. The highest BCUT2D eigenvalue weighted by Gasteiger charge is 2.29. The fourth-order valence-corrected chi connectivity index (χ4v) is 4.17. The molecule has 24 heavy (non-hydrogen) atoms. The second-order valence-electron chi connectivity index (χ2n) is 6.34. The minimum atomic E-state index is 0.654. The van der Waals surface area contributed by atoms with Crippen LogP contribution in [0.2, 0.25) is 0 Å². The molecule has 1 aliphatic rings. The summed E-state index contributed by atoms with van der Waals surface area (Å²) in [5.74, 6) is 1.02. The number of para-hydroxylation sites is 1. The van der Waals surface area contributed by atoms with E-state index in [2.05, 4.69) is 53.4 Å². The van der Waals surface area contributed by atoms with Crippen molar-refractivity contribution in [2.75, 3.05) is 32.1 Å². The molecule has 5 nitrogen and oxygen atoms in total. The van der Waals surface area contributed by atoms with Gasteiger partial charge in [-0.15, -0.1) is 0 Å². The Morgan fingerprint density at radius 3 is 2.62 bits per heavy atom. The lowest BCUT2D eigenvalue weighted by molar-refractivity contribution is 0.601. The Hall–Kier alpha value is -2.05. The van der Waals surface area contributed by atoms with E-state index < -0.39 is 0 Å². The molecule has 0 atom stereocenters.